The van der Waals surface area contributed by atoms with Gasteiger partial charge in [-0.2, -0.15) is 0 Å². The molecule has 0 bridgehead atoms. The molecule has 1 aliphatic rings. The van der Waals surface area contributed by atoms with Crippen LogP contribution in [0.5, 0.6) is 5.75 Å². The Kier molecular flexibility index (Phi) is 7.65. The van der Waals surface area contributed by atoms with E-state index in [0.29, 0.717) is 28.1 Å². The molecule has 156 valence electrons. The molecule has 1 saturated heterocycles. The van der Waals surface area contributed by atoms with Crippen LogP contribution >= 0.6 is 24.0 Å². The molecule has 0 N–H and O–H groups in total. The van der Waals surface area contributed by atoms with Crippen LogP contribution in [-0.4, -0.2) is 46.1 Å². The van der Waals surface area contributed by atoms with E-state index >= 15 is 0 Å². The van der Waals surface area contributed by atoms with E-state index in [0.717, 1.165) is 11.1 Å². The summed E-state index contributed by atoms with van der Waals surface area (Å²) in [6.07, 6.45) is 2.02. The van der Waals surface area contributed by atoms with Crippen LogP contribution in [0.3, 0.4) is 0 Å². The van der Waals surface area contributed by atoms with Crippen molar-refractivity contribution >= 4 is 46.2 Å². The van der Waals surface area contributed by atoms with Gasteiger partial charge in [-0.1, -0.05) is 72.5 Å². The van der Waals surface area contributed by atoms with Crippen LogP contribution in [0, 0.1) is 0 Å². The van der Waals surface area contributed by atoms with Crippen LogP contribution < -0.4 is 4.74 Å². The Morgan fingerprint density at radius 3 is 2.57 bits per heavy atom. The molecule has 0 aromatic heterocycles. The summed E-state index contributed by atoms with van der Waals surface area (Å²) in [6.45, 7) is 3.40. The van der Waals surface area contributed by atoms with Gasteiger partial charge in [0.25, 0.3) is 5.91 Å². The summed E-state index contributed by atoms with van der Waals surface area (Å²) in [6, 6.07) is 17.4. The first-order valence-corrected chi connectivity index (χ1v) is 11.0. The zero-order valence-electron chi connectivity index (χ0n) is 17.0. The van der Waals surface area contributed by atoms with Gasteiger partial charge in [0, 0.05) is 31.6 Å². The fourth-order valence-corrected chi connectivity index (χ4v) is 4.46. The lowest BCUT2D eigenvalue weighted by molar-refractivity contribution is -0.132. The third-order valence-corrected chi connectivity index (χ3v) is 6.18. The Hall–Kier alpha value is -2.64. The van der Waals surface area contributed by atoms with E-state index in [1.54, 1.807) is 18.1 Å². The first-order chi connectivity index (χ1) is 14.5. The second-order valence-corrected chi connectivity index (χ2v) is 8.39. The molecule has 0 unspecified atom stereocenters. The molecule has 3 rings (SSSR count). The first-order valence-electron chi connectivity index (χ1n) is 9.73. The summed E-state index contributed by atoms with van der Waals surface area (Å²) < 4.78 is 5.82. The number of carbonyl (C=O) groups is 2. The van der Waals surface area contributed by atoms with Crippen LogP contribution in [0.4, 0.5) is 0 Å². The monoisotopic (exact) mass is 440 g/mol. The summed E-state index contributed by atoms with van der Waals surface area (Å²) in [5.41, 5.74) is 1.90. The number of hydrogen-bond donors (Lipinski definition) is 0. The molecular weight excluding hydrogens is 416 g/mol. The largest absolute Gasteiger partial charge is 0.496 e. The topological polar surface area (TPSA) is 49.9 Å². The van der Waals surface area contributed by atoms with Crippen molar-refractivity contribution < 1.29 is 14.3 Å². The van der Waals surface area contributed by atoms with E-state index in [2.05, 4.69) is 0 Å². The van der Waals surface area contributed by atoms with E-state index in [4.69, 9.17) is 17.0 Å². The normalized spacial score (nSPS) is 15.0. The smallest absolute Gasteiger partial charge is 0.266 e. The molecule has 1 aliphatic heterocycles. The van der Waals surface area contributed by atoms with Crippen LogP contribution in [0.15, 0.2) is 59.5 Å². The lowest BCUT2D eigenvalue weighted by Crippen LogP contribution is -2.35. The standard InChI is InChI=1S/C23H24N2O3S2/c1-3-24(16-17-9-5-4-6-10-17)21(26)13-14-25-22(27)20(30-23(25)29)15-18-11-7-8-12-19(18)28-2/h4-12,15H,3,13-14,16H2,1-2H3/b20-15-. The third-order valence-electron chi connectivity index (χ3n) is 4.80. The maximum atomic E-state index is 12.8. The van der Waals surface area contributed by atoms with Crippen molar-refractivity contribution in [3.05, 3.63) is 70.6 Å². The van der Waals surface area contributed by atoms with Gasteiger partial charge in [0.1, 0.15) is 10.1 Å². The maximum Gasteiger partial charge on any atom is 0.266 e. The molecule has 2 amide bonds. The van der Waals surface area contributed by atoms with Crippen molar-refractivity contribution in [1.82, 2.24) is 9.80 Å². The molecule has 0 radical (unpaired) electrons. The number of thioether (sulfide) groups is 1. The number of methoxy groups -OCH3 is 1. The minimum Gasteiger partial charge on any atom is -0.496 e. The summed E-state index contributed by atoms with van der Waals surface area (Å²) >= 11 is 6.65. The Bertz CT molecular complexity index is 960. The van der Waals surface area contributed by atoms with Crippen LogP contribution in [-0.2, 0) is 16.1 Å². The second kappa shape index (κ2) is 10.4. The predicted molar refractivity (Wildman–Crippen MR) is 125 cm³/mol. The molecule has 2 aromatic rings. The van der Waals surface area contributed by atoms with Gasteiger partial charge < -0.3 is 9.64 Å². The van der Waals surface area contributed by atoms with Crippen molar-refractivity contribution in [3.63, 3.8) is 0 Å². The Labute approximate surface area is 186 Å². The molecule has 7 heteroatoms. The van der Waals surface area contributed by atoms with Gasteiger partial charge in [-0.25, -0.2) is 0 Å². The number of amides is 2. The average molecular weight is 441 g/mol. The van der Waals surface area contributed by atoms with E-state index in [1.165, 1.54) is 16.7 Å². The van der Waals surface area contributed by atoms with Crippen LogP contribution in [0.25, 0.3) is 6.08 Å². The Morgan fingerprint density at radius 2 is 1.87 bits per heavy atom. The molecule has 1 fully saturated rings. The van der Waals surface area contributed by atoms with Gasteiger partial charge in [0.05, 0.1) is 12.0 Å². The molecule has 0 saturated carbocycles. The van der Waals surface area contributed by atoms with E-state index < -0.39 is 0 Å². The number of carbonyl (C=O) groups excluding carboxylic acids is 2. The number of rotatable bonds is 8. The molecule has 2 aromatic carbocycles. The third kappa shape index (κ3) is 5.29. The zero-order valence-corrected chi connectivity index (χ0v) is 18.7. The van der Waals surface area contributed by atoms with Crippen molar-refractivity contribution in [2.24, 2.45) is 0 Å². The molecule has 0 spiro atoms. The summed E-state index contributed by atoms with van der Waals surface area (Å²) in [7, 11) is 1.60. The van der Waals surface area contributed by atoms with Gasteiger partial charge >= 0.3 is 0 Å². The van der Waals surface area contributed by atoms with Gasteiger partial charge in [-0.05, 0) is 24.6 Å². The van der Waals surface area contributed by atoms with Crippen LogP contribution in [0.1, 0.15) is 24.5 Å². The minimum absolute atomic E-state index is 0.00381. The van der Waals surface area contributed by atoms with Gasteiger partial charge in [0.2, 0.25) is 5.91 Å². The highest BCUT2D eigenvalue weighted by atomic mass is 32.2. The molecule has 30 heavy (non-hydrogen) atoms. The number of para-hydroxylation sites is 1. The fourth-order valence-electron chi connectivity index (χ4n) is 3.17. The van der Waals surface area contributed by atoms with E-state index in [9.17, 15) is 9.59 Å². The fraction of sp³-hybridized carbons (Fsp3) is 0.261. The highest BCUT2D eigenvalue weighted by Gasteiger charge is 2.32. The van der Waals surface area contributed by atoms with Crippen LogP contribution in [0.2, 0.25) is 0 Å². The van der Waals surface area contributed by atoms with Crippen molar-refractivity contribution in [2.45, 2.75) is 19.9 Å². The second-order valence-electron chi connectivity index (χ2n) is 6.72. The first kappa shape index (κ1) is 22.1. The molecule has 0 atom stereocenters. The Morgan fingerprint density at radius 1 is 1.17 bits per heavy atom. The van der Waals surface area contributed by atoms with Crippen molar-refractivity contribution in [1.29, 1.82) is 0 Å². The van der Waals surface area contributed by atoms with Gasteiger partial charge in [0.15, 0.2) is 0 Å². The quantitative estimate of drug-likeness (QED) is 0.452. The highest BCUT2D eigenvalue weighted by Crippen LogP contribution is 2.34. The van der Waals surface area contributed by atoms with Crippen molar-refractivity contribution in [3.8, 4) is 5.75 Å². The summed E-state index contributed by atoms with van der Waals surface area (Å²) in [5.74, 6) is 0.524. The zero-order chi connectivity index (χ0) is 21.5. The SMILES string of the molecule is CCN(Cc1ccccc1)C(=O)CCN1C(=O)/C(=C/c2ccccc2OC)SC1=S. The van der Waals surface area contributed by atoms with Gasteiger partial charge in [-0.3, -0.25) is 14.5 Å². The number of ether oxygens (including phenoxy) is 1. The number of thiocarbonyl (C=S) groups is 1. The predicted octanol–water partition coefficient (Wildman–Crippen LogP) is 4.34. The number of benzene rings is 2. The summed E-state index contributed by atoms with van der Waals surface area (Å²) in [5, 5.41) is 0. The highest BCUT2D eigenvalue weighted by molar-refractivity contribution is 8.26. The van der Waals surface area contributed by atoms with Gasteiger partial charge in [-0.15, -0.1) is 0 Å². The molecule has 1 heterocycles. The average Bonchev–Trinajstić information content (AvgIpc) is 3.03. The van der Waals surface area contributed by atoms with E-state index in [1.807, 2.05) is 61.5 Å². The molecular formula is C23H24N2O3S2. The lowest BCUT2D eigenvalue weighted by atomic mass is 10.2. The molecule has 0 aliphatic carbocycles. The molecule has 5 nitrogen and oxygen atoms in total. The van der Waals surface area contributed by atoms with Crippen molar-refractivity contribution in [2.75, 3.05) is 20.2 Å². The summed E-state index contributed by atoms with van der Waals surface area (Å²) in [4.78, 5) is 29.4. The lowest BCUT2D eigenvalue weighted by Gasteiger charge is -2.22. The number of hydrogen-bond acceptors (Lipinski definition) is 5. The Balaban J connectivity index is 1.64. The van der Waals surface area contributed by atoms with E-state index in [-0.39, 0.29) is 24.8 Å². The number of nitrogens with zero attached hydrogens (tertiary/aromatic N) is 2. The minimum atomic E-state index is -0.171. The maximum absolute atomic E-state index is 12.8.